The summed E-state index contributed by atoms with van der Waals surface area (Å²) < 4.78 is 60.8. The maximum atomic E-state index is 14.6. The van der Waals surface area contributed by atoms with Crippen LogP contribution in [0.5, 0.6) is 0 Å². The van der Waals surface area contributed by atoms with E-state index in [9.17, 15) is 22.0 Å². The topological polar surface area (TPSA) is 63.7 Å². The Labute approximate surface area is 196 Å². The summed E-state index contributed by atoms with van der Waals surface area (Å²) >= 11 is 11.9. The number of rotatable bonds is 6. The third kappa shape index (κ3) is 5.71. The lowest BCUT2D eigenvalue weighted by Crippen LogP contribution is -2.40. The maximum absolute atomic E-state index is 14.6. The largest absolute Gasteiger partial charge is 0.449 e. The third-order valence-electron chi connectivity index (χ3n) is 5.41. The lowest BCUT2D eigenvalue weighted by molar-refractivity contribution is 0.0831. The molecule has 1 aliphatic rings. The summed E-state index contributed by atoms with van der Waals surface area (Å²) in [5.41, 5.74) is -0.327. The Balaban J connectivity index is 1.87. The van der Waals surface area contributed by atoms with Gasteiger partial charge in [0.15, 0.2) is 9.84 Å². The molecule has 1 saturated heterocycles. The van der Waals surface area contributed by atoms with Crippen LogP contribution in [0.2, 0.25) is 5.02 Å². The summed E-state index contributed by atoms with van der Waals surface area (Å²) in [5.74, 6) is -2.51. The van der Waals surface area contributed by atoms with Gasteiger partial charge in [-0.25, -0.2) is 22.0 Å². The molecule has 0 saturated carbocycles. The molecule has 0 unspecified atom stereocenters. The Hall–Kier alpha value is -1.90. The molecule has 0 aromatic heterocycles. The lowest BCUT2D eigenvalue weighted by atomic mass is 10.0. The molecule has 0 aliphatic carbocycles. The Morgan fingerprint density at radius 1 is 1.16 bits per heavy atom. The maximum Gasteiger partial charge on any atom is 0.409 e. The van der Waals surface area contributed by atoms with Crippen molar-refractivity contribution in [3.05, 3.63) is 64.7 Å². The number of hydrogen-bond donors (Lipinski definition) is 0. The lowest BCUT2D eigenvalue weighted by Gasteiger charge is -2.30. The van der Waals surface area contributed by atoms with Crippen molar-refractivity contribution in [3.8, 4) is 0 Å². The van der Waals surface area contributed by atoms with Crippen LogP contribution in [0.1, 0.15) is 30.6 Å². The molecule has 32 heavy (non-hydrogen) atoms. The Kier molecular flexibility index (Phi) is 8.01. The van der Waals surface area contributed by atoms with E-state index in [-0.39, 0.29) is 22.4 Å². The number of likely N-dealkylation sites (tertiary alicyclic amines) is 1. The molecular weight excluding hydrogens is 483 g/mol. The first-order valence-corrected chi connectivity index (χ1v) is 12.5. The molecule has 1 fully saturated rings. The monoisotopic (exact) mass is 505 g/mol. The highest BCUT2D eigenvalue weighted by atomic mass is 35.5. The number of carbonyl (C=O) groups is 1. The van der Waals surface area contributed by atoms with Gasteiger partial charge in [0.25, 0.3) is 0 Å². The molecule has 3 rings (SSSR count). The van der Waals surface area contributed by atoms with E-state index in [4.69, 9.17) is 27.9 Å². The highest BCUT2D eigenvalue weighted by Gasteiger charge is 2.37. The molecule has 1 aliphatic heterocycles. The summed E-state index contributed by atoms with van der Waals surface area (Å²) in [6.07, 6.45) is 0.672. The number of sulfone groups is 1. The van der Waals surface area contributed by atoms with Crippen LogP contribution < -0.4 is 0 Å². The highest BCUT2D eigenvalue weighted by Crippen LogP contribution is 2.37. The number of alkyl halides is 1. The van der Waals surface area contributed by atoms with Gasteiger partial charge in [0.2, 0.25) is 0 Å². The number of benzene rings is 2. The van der Waals surface area contributed by atoms with Gasteiger partial charge in [0.1, 0.15) is 11.6 Å². The number of hydrogen-bond acceptors (Lipinski definition) is 4. The van der Waals surface area contributed by atoms with Crippen molar-refractivity contribution >= 4 is 39.1 Å². The minimum absolute atomic E-state index is 0.00262. The predicted molar refractivity (Wildman–Crippen MR) is 119 cm³/mol. The Morgan fingerprint density at radius 3 is 2.41 bits per heavy atom. The van der Waals surface area contributed by atoms with E-state index in [2.05, 4.69) is 0 Å². The van der Waals surface area contributed by atoms with E-state index in [1.54, 1.807) is 0 Å². The van der Waals surface area contributed by atoms with Crippen LogP contribution in [0.3, 0.4) is 0 Å². The summed E-state index contributed by atoms with van der Waals surface area (Å²) in [5, 5.41) is -1.15. The normalized spacial score (nSPS) is 17.1. The second-order valence-corrected chi connectivity index (χ2v) is 10.9. The van der Waals surface area contributed by atoms with Crippen molar-refractivity contribution in [2.45, 2.75) is 35.3 Å². The van der Waals surface area contributed by atoms with Crippen LogP contribution in [0.15, 0.2) is 47.4 Å². The molecule has 1 heterocycles. The van der Waals surface area contributed by atoms with E-state index in [0.29, 0.717) is 31.0 Å². The van der Waals surface area contributed by atoms with Crippen LogP contribution in [0.25, 0.3) is 0 Å². The molecule has 10 heteroatoms. The van der Waals surface area contributed by atoms with Gasteiger partial charge in [-0.2, -0.15) is 0 Å². The standard InChI is InChI=1S/C22H23Cl2F2NO4S/c1-14(13-31-22(28)27-10-8-16(24)9-11-27)21(19-12-17(25)4-7-20(19)26)32(29,30)18-5-2-15(23)3-6-18/h2-7,12,14,16,21H,8-11,13H2,1H3/t14-,21+/m1/s1. The zero-order valence-electron chi connectivity index (χ0n) is 17.3. The zero-order valence-corrected chi connectivity index (χ0v) is 19.6. The summed E-state index contributed by atoms with van der Waals surface area (Å²) in [6, 6.07) is 8.06. The SMILES string of the molecule is C[C@H](COC(=O)N1CCC(Cl)CC1)[C@@H](c1cc(F)ccc1F)S(=O)(=O)c1ccc(Cl)cc1. The Bertz CT molecular complexity index is 1060. The molecule has 1 amide bonds. The van der Waals surface area contributed by atoms with E-state index in [1.165, 1.54) is 36.1 Å². The van der Waals surface area contributed by atoms with Crippen molar-refractivity contribution in [2.75, 3.05) is 19.7 Å². The number of piperidine rings is 1. The van der Waals surface area contributed by atoms with Crippen molar-refractivity contribution in [1.82, 2.24) is 4.90 Å². The van der Waals surface area contributed by atoms with E-state index >= 15 is 0 Å². The molecule has 0 radical (unpaired) electrons. The fourth-order valence-electron chi connectivity index (χ4n) is 3.70. The van der Waals surface area contributed by atoms with E-state index in [1.807, 2.05) is 0 Å². The van der Waals surface area contributed by atoms with Gasteiger partial charge in [0, 0.05) is 35.0 Å². The first kappa shape index (κ1) is 24.7. The summed E-state index contributed by atoms with van der Waals surface area (Å²) in [7, 11) is -4.18. The first-order valence-electron chi connectivity index (χ1n) is 10.1. The predicted octanol–water partition coefficient (Wildman–Crippen LogP) is 5.61. The molecule has 0 N–H and O–H groups in total. The van der Waals surface area contributed by atoms with Crippen LogP contribution in [-0.2, 0) is 14.6 Å². The fourth-order valence-corrected chi connectivity index (χ4v) is 6.03. The van der Waals surface area contributed by atoms with Gasteiger partial charge in [-0.1, -0.05) is 18.5 Å². The number of halogens is 4. The third-order valence-corrected chi connectivity index (χ3v) is 8.42. The van der Waals surface area contributed by atoms with Gasteiger partial charge in [0.05, 0.1) is 16.8 Å². The first-order chi connectivity index (χ1) is 15.1. The number of amides is 1. The van der Waals surface area contributed by atoms with Crippen molar-refractivity contribution in [3.63, 3.8) is 0 Å². The second kappa shape index (κ2) is 10.4. The second-order valence-electron chi connectivity index (χ2n) is 7.80. The van der Waals surface area contributed by atoms with Crippen molar-refractivity contribution < 1.29 is 26.7 Å². The van der Waals surface area contributed by atoms with Crippen molar-refractivity contribution in [1.29, 1.82) is 0 Å². The zero-order chi connectivity index (χ0) is 23.5. The number of ether oxygens (including phenoxy) is 1. The van der Waals surface area contributed by atoms with Crippen LogP contribution in [-0.4, -0.2) is 44.5 Å². The van der Waals surface area contributed by atoms with Gasteiger partial charge >= 0.3 is 6.09 Å². The van der Waals surface area contributed by atoms with Crippen LogP contribution >= 0.6 is 23.2 Å². The Morgan fingerprint density at radius 2 is 1.78 bits per heavy atom. The number of carbonyl (C=O) groups excluding carboxylic acids is 1. The minimum atomic E-state index is -4.18. The summed E-state index contributed by atoms with van der Waals surface area (Å²) in [4.78, 5) is 13.8. The van der Waals surface area contributed by atoms with Gasteiger partial charge in [-0.15, -0.1) is 11.6 Å². The van der Waals surface area contributed by atoms with E-state index < -0.39 is 38.7 Å². The van der Waals surface area contributed by atoms with Crippen LogP contribution in [0.4, 0.5) is 13.6 Å². The molecule has 174 valence electrons. The fraction of sp³-hybridized carbons (Fsp3) is 0.409. The van der Waals surface area contributed by atoms with Crippen LogP contribution in [0, 0.1) is 17.6 Å². The highest BCUT2D eigenvalue weighted by molar-refractivity contribution is 7.91. The molecule has 2 aromatic carbocycles. The molecule has 2 atom stereocenters. The molecule has 5 nitrogen and oxygen atoms in total. The average Bonchev–Trinajstić information content (AvgIpc) is 2.75. The molecule has 0 spiro atoms. The van der Waals surface area contributed by atoms with Crippen molar-refractivity contribution in [2.24, 2.45) is 5.92 Å². The quantitative estimate of drug-likeness (QED) is 0.478. The van der Waals surface area contributed by atoms with Gasteiger partial charge in [-0.3, -0.25) is 0 Å². The summed E-state index contributed by atoms with van der Waals surface area (Å²) in [6.45, 7) is 2.09. The average molecular weight is 506 g/mol. The molecule has 2 aromatic rings. The molecule has 0 bridgehead atoms. The number of nitrogens with zero attached hydrogens (tertiary/aromatic N) is 1. The smallest absolute Gasteiger partial charge is 0.409 e. The van der Waals surface area contributed by atoms with E-state index in [0.717, 1.165) is 18.2 Å². The van der Waals surface area contributed by atoms with Gasteiger partial charge in [-0.05, 0) is 55.3 Å². The molecular formula is C22H23Cl2F2NO4S. The van der Waals surface area contributed by atoms with Gasteiger partial charge < -0.3 is 9.64 Å². The minimum Gasteiger partial charge on any atom is -0.449 e.